The van der Waals surface area contributed by atoms with Crippen molar-refractivity contribution in [2.75, 3.05) is 31.1 Å². The molecule has 152 valence electrons. The first-order chi connectivity index (χ1) is 13.6. The molecule has 2 unspecified atom stereocenters. The average molecular weight is 387 g/mol. The minimum Gasteiger partial charge on any atom is -0.366 e. The number of carbonyl (C=O) groups excluding carboxylic acids is 2. The molecule has 2 atom stereocenters. The second kappa shape index (κ2) is 8.50. The van der Waals surface area contributed by atoms with E-state index in [0.29, 0.717) is 38.3 Å². The lowest BCUT2D eigenvalue weighted by Gasteiger charge is -2.36. The number of piperazine rings is 1. The van der Waals surface area contributed by atoms with Gasteiger partial charge >= 0.3 is 0 Å². The van der Waals surface area contributed by atoms with E-state index < -0.39 is 0 Å². The molecule has 1 aromatic carbocycles. The van der Waals surface area contributed by atoms with Gasteiger partial charge in [-0.2, -0.15) is 0 Å². The van der Waals surface area contributed by atoms with Gasteiger partial charge in [-0.1, -0.05) is 37.8 Å². The van der Waals surface area contributed by atoms with Gasteiger partial charge in [-0.25, -0.2) is 4.39 Å². The molecule has 3 fully saturated rings. The fourth-order valence-electron chi connectivity index (χ4n) is 4.60. The van der Waals surface area contributed by atoms with E-state index in [2.05, 4.69) is 5.32 Å². The summed E-state index contributed by atoms with van der Waals surface area (Å²) in [6.07, 6.45) is 7.69. The Labute approximate surface area is 166 Å². The third-order valence-corrected chi connectivity index (χ3v) is 6.43. The average Bonchev–Trinajstić information content (AvgIpc) is 3.53. The molecule has 0 spiro atoms. The number of benzene rings is 1. The standard InChI is InChI=1S/C22H30FN3O2/c23-19-9-5-6-10-20(19)25-11-13-26(14-12-25)22(28)18-15-17(18)21(27)24-16-7-3-1-2-4-8-16/h5-6,9-10,16-18H,1-4,7-8,11-15H2,(H,24,27). The van der Waals surface area contributed by atoms with Crippen LogP contribution in [-0.4, -0.2) is 48.9 Å². The monoisotopic (exact) mass is 387 g/mol. The fourth-order valence-corrected chi connectivity index (χ4v) is 4.60. The first kappa shape index (κ1) is 19.2. The predicted octanol–water partition coefficient (Wildman–Crippen LogP) is 2.95. The molecule has 0 aromatic heterocycles. The summed E-state index contributed by atoms with van der Waals surface area (Å²) < 4.78 is 14.0. The molecular weight excluding hydrogens is 357 g/mol. The van der Waals surface area contributed by atoms with Gasteiger partial charge in [0.2, 0.25) is 11.8 Å². The second-order valence-corrected chi connectivity index (χ2v) is 8.41. The van der Waals surface area contributed by atoms with Crippen LogP contribution in [-0.2, 0) is 9.59 Å². The number of rotatable bonds is 4. The molecule has 2 aliphatic carbocycles. The first-order valence-corrected chi connectivity index (χ1v) is 10.7. The van der Waals surface area contributed by atoms with Crippen LogP contribution < -0.4 is 10.2 Å². The SMILES string of the molecule is O=C(NC1CCCCCC1)C1CC1C(=O)N1CCN(c2ccccc2F)CC1. The zero-order valence-electron chi connectivity index (χ0n) is 16.4. The van der Waals surface area contributed by atoms with Crippen LogP contribution in [0.15, 0.2) is 24.3 Å². The Kier molecular flexibility index (Phi) is 5.83. The Balaban J connectivity index is 1.25. The summed E-state index contributed by atoms with van der Waals surface area (Å²) in [4.78, 5) is 29.1. The maximum Gasteiger partial charge on any atom is 0.226 e. The Morgan fingerprint density at radius 2 is 1.61 bits per heavy atom. The van der Waals surface area contributed by atoms with E-state index in [1.807, 2.05) is 15.9 Å². The molecule has 1 aliphatic heterocycles. The quantitative estimate of drug-likeness (QED) is 0.809. The van der Waals surface area contributed by atoms with E-state index in [0.717, 1.165) is 12.8 Å². The Morgan fingerprint density at radius 1 is 0.929 bits per heavy atom. The summed E-state index contributed by atoms with van der Waals surface area (Å²) in [5, 5.41) is 3.18. The van der Waals surface area contributed by atoms with Gasteiger partial charge in [0.15, 0.2) is 0 Å². The van der Waals surface area contributed by atoms with Crippen molar-refractivity contribution in [3.63, 3.8) is 0 Å². The number of hydrogen-bond donors (Lipinski definition) is 1. The third kappa shape index (κ3) is 4.31. The predicted molar refractivity (Wildman–Crippen MR) is 106 cm³/mol. The molecule has 1 saturated heterocycles. The van der Waals surface area contributed by atoms with E-state index in [-0.39, 0.29) is 35.5 Å². The van der Waals surface area contributed by atoms with Crippen LogP contribution in [0.3, 0.4) is 0 Å². The van der Waals surface area contributed by atoms with Gasteiger partial charge in [-0.05, 0) is 31.4 Å². The van der Waals surface area contributed by atoms with Crippen LogP contribution in [0.2, 0.25) is 0 Å². The molecule has 1 heterocycles. The van der Waals surface area contributed by atoms with E-state index in [9.17, 15) is 14.0 Å². The summed E-state index contributed by atoms with van der Waals surface area (Å²) >= 11 is 0. The molecule has 0 radical (unpaired) electrons. The number of nitrogens with one attached hydrogen (secondary N) is 1. The smallest absolute Gasteiger partial charge is 0.226 e. The zero-order chi connectivity index (χ0) is 19.5. The number of anilines is 1. The van der Waals surface area contributed by atoms with Gasteiger partial charge in [-0.3, -0.25) is 9.59 Å². The largest absolute Gasteiger partial charge is 0.366 e. The lowest BCUT2D eigenvalue weighted by Crippen LogP contribution is -2.49. The number of hydrogen-bond acceptors (Lipinski definition) is 3. The highest BCUT2D eigenvalue weighted by atomic mass is 19.1. The van der Waals surface area contributed by atoms with E-state index in [1.165, 1.54) is 31.7 Å². The van der Waals surface area contributed by atoms with Crippen molar-refractivity contribution in [2.45, 2.75) is 51.0 Å². The van der Waals surface area contributed by atoms with Crippen molar-refractivity contribution in [1.82, 2.24) is 10.2 Å². The molecule has 2 amide bonds. The normalized spacial score (nSPS) is 25.9. The highest BCUT2D eigenvalue weighted by Gasteiger charge is 2.50. The molecule has 2 saturated carbocycles. The maximum absolute atomic E-state index is 14.0. The summed E-state index contributed by atoms with van der Waals surface area (Å²) in [6, 6.07) is 7.05. The van der Waals surface area contributed by atoms with Crippen LogP contribution in [0.5, 0.6) is 0 Å². The molecule has 5 nitrogen and oxygen atoms in total. The van der Waals surface area contributed by atoms with Crippen molar-refractivity contribution in [3.8, 4) is 0 Å². The molecule has 6 heteroatoms. The van der Waals surface area contributed by atoms with E-state index >= 15 is 0 Å². The van der Waals surface area contributed by atoms with Crippen LogP contribution in [0.4, 0.5) is 10.1 Å². The van der Waals surface area contributed by atoms with Gasteiger partial charge in [0, 0.05) is 32.2 Å². The lowest BCUT2D eigenvalue weighted by atomic mass is 10.1. The van der Waals surface area contributed by atoms with Crippen molar-refractivity contribution in [3.05, 3.63) is 30.1 Å². The minimum atomic E-state index is -0.222. The number of para-hydroxylation sites is 1. The second-order valence-electron chi connectivity index (χ2n) is 8.41. The van der Waals surface area contributed by atoms with Crippen LogP contribution in [0.25, 0.3) is 0 Å². The van der Waals surface area contributed by atoms with Gasteiger partial charge < -0.3 is 15.1 Å². The molecule has 3 aliphatic rings. The maximum atomic E-state index is 14.0. The van der Waals surface area contributed by atoms with Crippen molar-refractivity contribution in [1.29, 1.82) is 0 Å². The number of amides is 2. The summed E-state index contributed by atoms with van der Waals surface area (Å²) in [6.45, 7) is 2.41. The Hall–Kier alpha value is -2.11. The van der Waals surface area contributed by atoms with Crippen molar-refractivity contribution in [2.24, 2.45) is 11.8 Å². The first-order valence-electron chi connectivity index (χ1n) is 10.7. The summed E-state index contributed by atoms with van der Waals surface area (Å²) in [7, 11) is 0. The summed E-state index contributed by atoms with van der Waals surface area (Å²) in [5.41, 5.74) is 0.599. The van der Waals surface area contributed by atoms with Gasteiger partial charge in [0.05, 0.1) is 17.5 Å². The fraction of sp³-hybridized carbons (Fsp3) is 0.636. The number of nitrogens with zero attached hydrogens (tertiary/aromatic N) is 2. The number of halogens is 1. The molecule has 0 bridgehead atoms. The highest BCUT2D eigenvalue weighted by Crippen LogP contribution is 2.40. The van der Waals surface area contributed by atoms with E-state index in [1.54, 1.807) is 12.1 Å². The van der Waals surface area contributed by atoms with Crippen LogP contribution in [0, 0.1) is 17.7 Å². The minimum absolute atomic E-state index is 0.0650. The van der Waals surface area contributed by atoms with Crippen LogP contribution in [0.1, 0.15) is 44.9 Å². The molecular formula is C22H30FN3O2. The Bertz CT molecular complexity index is 709. The zero-order valence-corrected chi connectivity index (χ0v) is 16.4. The van der Waals surface area contributed by atoms with Crippen molar-refractivity contribution >= 4 is 17.5 Å². The third-order valence-electron chi connectivity index (χ3n) is 6.43. The number of carbonyl (C=O) groups is 2. The molecule has 1 aromatic rings. The molecule has 28 heavy (non-hydrogen) atoms. The topological polar surface area (TPSA) is 52.7 Å². The van der Waals surface area contributed by atoms with Gasteiger partial charge in [0.1, 0.15) is 5.82 Å². The van der Waals surface area contributed by atoms with Crippen LogP contribution >= 0.6 is 0 Å². The highest BCUT2D eigenvalue weighted by molar-refractivity contribution is 5.92. The molecule has 1 N–H and O–H groups in total. The lowest BCUT2D eigenvalue weighted by molar-refractivity contribution is -0.135. The Morgan fingerprint density at radius 3 is 2.29 bits per heavy atom. The van der Waals surface area contributed by atoms with Crippen molar-refractivity contribution < 1.29 is 14.0 Å². The van der Waals surface area contributed by atoms with Gasteiger partial charge in [0.25, 0.3) is 0 Å². The molecule has 4 rings (SSSR count). The van der Waals surface area contributed by atoms with E-state index in [4.69, 9.17) is 0 Å². The summed E-state index contributed by atoms with van der Waals surface area (Å²) in [5.74, 6) is -0.379. The van der Waals surface area contributed by atoms with Gasteiger partial charge in [-0.15, -0.1) is 0 Å².